The molecule has 4 N–H and O–H groups in total. The Kier molecular flexibility index (Phi) is 72.5. The van der Waals surface area contributed by atoms with Gasteiger partial charge in [-0.3, -0.25) is 19.3 Å². The van der Waals surface area contributed by atoms with E-state index in [2.05, 4.69) is 72.2 Å². The number of allylic oxidation sites excluding steroid dienone is 2. The van der Waals surface area contributed by atoms with Crippen molar-refractivity contribution in [3.05, 3.63) is 30.9 Å². The van der Waals surface area contributed by atoms with Gasteiger partial charge in [-0.1, -0.05) is 312 Å². The number of hydrogen-bond acceptors (Lipinski definition) is 11. The maximum absolute atomic E-state index is 13.8. The highest BCUT2D eigenvalue weighted by Crippen LogP contribution is 2.25. The van der Waals surface area contributed by atoms with E-state index in [1.54, 1.807) is 12.5 Å². The molecule has 14 heteroatoms. The molecule has 2 amide bonds. The molecule has 0 aliphatic heterocycles. The average molecular weight is 1430 g/mol. The monoisotopic (exact) mass is 1430 g/mol. The molecule has 99 heavy (non-hydrogen) atoms. The SMILES string of the molecule is CCCCCCCC/C=C\CCCCCCCCN(CCCCCCCC(=O)OC(CCCCCCCC)CCCCCCCC)CCCCSSCCC(NC(=O)CCCN(CC(O)CCCCCCCCCC)CC(O)CCCCCCCCCC)C(=O)NCCCn1ccnc1. The number of hydrogen-bond donors (Lipinski definition) is 4. The number of ether oxygens (including phenoxy) is 1. The Hall–Kier alpha value is -2.10. The van der Waals surface area contributed by atoms with Crippen LogP contribution in [0.25, 0.3) is 0 Å². The molecule has 3 unspecified atom stereocenters. The number of imidazole rings is 1. The lowest BCUT2D eigenvalue weighted by Crippen LogP contribution is -2.47. The van der Waals surface area contributed by atoms with Crippen molar-refractivity contribution in [1.29, 1.82) is 0 Å². The summed E-state index contributed by atoms with van der Waals surface area (Å²) in [7, 11) is 3.71. The Morgan fingerprint density at radius 1 is 0.444 bits per heavy atom. The van der Waals surface area contributed by atoms with Crippen molar-refractivity contribution >= 4 is 39.4 Å². The Morgan fingerprint density at radius 3 is 1.31 bits per heavy atom. The minimum absolute atomic E-state index is 0.0268. The molecule has 0 saturated carbocycles. The summed E-state index contributed by atoms with van der Waals surface area (Å²) in [4.78, 5) is 49.7. The summed E-state index contributed by atoms with van der Waals surface area (Å²) in [5, 5.41) is 28.7. The molecule has 0 saturated heterocycles. The van der Waals surface area contributed by atoms with E-state index in [0.717, 1.165) is 108 Å². The summed E-state index contributed by atoms with van der Waals surface area (Å²) >= 11 is 0. The molecular formula is C85H164N6O6S2. The van der Waals surface area contributed by atoms with Gasteiger partial charge >= 0.3 is 5.97 Å². The quantitative estimate of drug-likeness (QED) is 0.0214. The third-order valence-electron chi connectivity index (χ3n) is 20.1. The molecule has 0 fully saturated rings. The Balaban J connectivity index is 2.80. The predicted molar refractivity (Wildman–Crippen MR) is 432 cm³/mol. The summed E-state index contributed by atoms with van der Waals surface area (Å²) in [5.41, 5.74) is 0. The molecule has 0 aromatic carbocycles. The maximum Gasteiger partial charge on any atom is 0.306 e. The number of unbranched alkanes of at least 4 members (excludes halogenated alkanes) is 41. The summed E-state index contributed by atoms with van der Waals surface area (Å²) in [6, 6.07) is -0.611. The molecule has 1 heterocycles. The number of aliphatic hydroxyl groups excluding tert-OH is 2. The standard InChI is InChI=1S/C85H164N6O6S2/c1-6-11-16-21-26-29-30-31-32-33-34-35-36-39-46-53-68-89(69-54-47-40-45-52-64-84(95)97-81(61-50-43-24-19-14-9-4)62-51-44-25-20-15-10-5)70-55-56-74-98-99-75-65-82(85(96)87-66-58-72-90-73-67-86-78-90)88-83(94)63-57-71-91(76-79(92)59-48-41-37-27-22-17-12-7-2)77-80(93)60-49-42-38-28-23-18-13-8-3/h31-32,67,73,78-82,92-93H,6-30,33-66,68-72,74-77H2,1-5H3,(H,87,96)(H,88,94)/b32-31-. The van der Waals surface area contributed by atoms with Crippen LogP contribution < -0.4 is 10.6 Å². The van der Waals surface area contributed by atoms with Gasteiger partial charge in [0, 0.05) is 62.9 Å². The largest absolute Gasteiger partial charge is 0.462 e. The summed E-state index contributed by atoms with van der Waals surface area (Å²) in [6.45, 7) is 17.7. The van der Waals surface area contributed by atoms with Gasteiger partial charge in [-0.2, -0.15) is 0 Å². The minimum atomic E-state index is -0.611. The first kappa shape index (κ1) is 94.9. The van der Waals surface area contributed by atoms with Crippen molar-refractivity contribution in [2.75, 3.05) is 57.3 Å². The van der Waals surface area contributed by atoms with Crippen LogP contribution in [0.1, 0.15) is 407 Å². The minimum Gasteiger partial charge on any atom is -0.462 e. The van der Waals surface area contributed by atoms with Crippen LogP contribution >= 0.6 is 21.6 Å². The summed E-state index contributed by atoms with van der Waals surface area (Å²) in [6.07, 6.45) is 77.4. The van der Waals surface area contributed by atoms with E-state index in [4.69, 9.17) is 4.74 Å². The maximum atomic E-state index is 13.8. The highest BCUT2D eigenvalue weighted by Gasteiger charge is 2.22. The van der Waals surface area contributed by atoms with Crippen molar-refractivity contribution in [3.63, 3.8) is 0 Å². The molecule has 3 atom stereocenters. The van der Waals surface area contributed by atoms with Crippen LogP contribution in [0.2, 0.25) is 0 Å². The number of aliphatic hydroxyl groups is 2. The van der Waals surface area contributed by atoms with Crippen LogP contribution in [0.15, 0.2) is 30.9 Å². The second kappa shape index (κ2) is 75.6. The van der Waals surface area contributed by atoms with E-state index >= 15 is 0 Å². The van der Waals surface area contributed by atoms with Crippen LogP contribution in [-0.2, 0) is 25.7 Å². The fourth-order valence-electron chi connectivity index (χ4n) is 13.7. The second-order valence-electron chi connectivity index (χ2n) is 29.9. The zero-order valence-corrected chi connectivity index (χ0v) is 67.5. The zero-order valence-electron chi connectivity index (χ0n) is 65.9. The normalized spacial score (nSPS) is 12.8. The van der Waals surface area contributed by atoms with Gasteiger partial charge in [0.15, 0.2) is 0 Å². The van der Waals surface area contributed by atoms with Crippen LogP contribution in [0.4, 0.5) is 0 Å². The predicted octanol–water partition coefficient (Wildman–Crippen LogP) is 23.4. The lowest BCUT2D eigenvalue weighted by atomic mass is 10.0. The number of carbonyl (C=O) groups excluding carboxylic acids is 3. The average Bonchev–Trinajstić information content (AvgIpc) is 3.00. The van der Waals surface area contributed by atoms with Gasteiger partial charge in [-0.15, -0.1) is 0 Å². The van der Waals surface area contributed by atoms with Gasteiger partial charge in [0.25, 0.3) is 0 Å². The molecular weight excluding hydrogens is 1270 g/mol. The lowest BCUT2D eigenvalue weighted by molar-refractivity contribution is -0.150. The zero-order chi connectivity index (χ0) is 71.6. The van der Waals surface area contributed by atoms with Crippen molar-refractivity contribution < 1.29 is 29.3 Å². The topological polar surface area (TPSA) is 149 Å². The highest BCUT2D eigenvalue weighted by atomic mass is 33.1. The third kappa shape index (κ3) is 66.3. The van der Waals surface area contributed by atoms with Gasteiger partial charge in [0.1, 0.15) is 12.1 Å². The number of aromatic nitrogens is 2. The van der Waals surface area contributed by atoms with E-state index in [0.29, 0.717) is 45.4 Å². The third-order valence-corrected chi connectivity index (χ3v) is 22.6. The van der Waals surface area contributed by atoms with Crippen LogP contribution in [0, 0.1) is 0 Å². The van der Waals surface area contributed by atoms with Crippen LogP contribution in [0.5, 0.6) is 0 Å². The molecule has 1 rings (SSSR count). The van der Waals surface area contributed by atoms with Gasteiger partial charge in [-0.25, -0.2) is 4.98 Å². The van der Waals surface area contributed by atoms with Gasteiger partial charge in [0.2, 0.25) is 11.8 Å². The Bertz CT molecular complexity index is 1820. The number of nitrogens with one attached hydrogen (secondary N) is 2. The summed E-state index contributed by atoms with van der Waals surface area (Å²) in [5.74, 6) is 1.60. The highest BCUT2D eigenvalue weighted by molar-refractivity contribution is 8.76. The molecule has 582 valence electrons. The number of carbonyl (C=O) groups is 3. The lowest BCUT2D eigenvalue weighted by Gasteiger charge is -2.27. The fraction of sp³-hybridized carbons (Fsp3) is 0.906. The van der Waals surface area contributed by atoms with Gasteiger partial charge in [0.05, 0.1) is 18.5 Å². The number of amides is 2. The van der Waals surface area contributed by atoms with Crippen molar-refractivity contribution in [2.45, 2.75) is 438 Å². The van der Waals surface area contributed by atoms with Gasteiger partial charge in [-0.05, 0) is 142 Å². The van der Waals surface area contributed by atoms with E-state index < -0.39 is 18.2 Å². The molecule has 1 aromatic heterocycles. The van der Waals surface area contributed by atoms with E-state index in [1.807, 2.05) is 32.4 Å². The number of nitrogens with zero attached hydrogens (tertiary/aromatic N) is 4. The fourth-order valence-corrected chi connectivity index (χ4v) is 16.0. The van der Waals surface area contributed by atoms with Crippen molar-refractivity contribution in [2.24, 2.45) is 0 Å². The molecule has 0 aliphatic rings. The van der Waals surface area contributed by atoms with Crippen molar-refractivity contribution in [1.82, 2.24) is 30.0 Å². The molecule has 12 nitrogen and oxygen atoms in total. The number of esters is 1. The van der Waals surface area contributed by atoms with Crippen LogP contribution in [-0.4, -0.2) is 129 Å². The van der Waals surface area contributed by atoms with E-state index in [1.165, 1.54) is 276 Å². The number of aryl methyl sites for hydroxylation is 1. The first-order valence-electron chi connectivity index (χ1n) is 43.1. The van der Waals surface area contributed by atoms with E-state index in [-0.39, 0.29) is 30.3 Å². The number of rotatable bonds is 80. The van der Waals surface area contributed by atoms with Gasteiger partial charge < -0.3 is 35.1 Å². The van der Waals surface area contributed by atoms with Crippen LogP contribution in [0.3, 0.4) is 0 Å². The molecule has 1 aromatic rings. The Labute approximate surface area is 621 Å². The van der Waals surface area contributed by atoms with E-state index in [9.17, 15) is 24.6 Å². The summed E-state index contributed by atoms with van der Waals surface area (Å²) < 4.78 is 8.19. The second-order valence-corrected chi connectivity index (χ2v) is 32.6. The first-order valence-corrected chi connectivity index (χ1v) is 45.6. The first-order chi connectivity index (χ1) is 48.6. The molecule has 0 radical (unpaired) electrons. The molecule has 0 spiro atoms. The smallest absolute Gasteiger partial charge is 0.306 e. The molecule has 0 aliphatic carbocycles. The Morgan fingerprint density at radius 2 is 0.848 bits per heavy atom. The van der Waals surface area contributed by atoms with Crippen molar-refractivity contribution in [3.8, 4) is 0 Å². The molecule has 0 bridgehead atoms.